The summed E-state index contributed by atoms with van der Waals surface area (Å²) in [6.07, 6.45) is 1.28. The van der Waals surface area contributed by atoms with E-state index in [1.807, 2.05) is 24.3 Å². The Bertz CT molecular complexity index is 588. The smallest absolute Gasteiger partial charge is 0.123 e. The van der Waals surface area contributed by atoms with Crippen molar-refractivity contribution in [2.24, 2.45) is 5.92 Å². The molecule has 0 bridgehead atoms. The summed E-state index contributed by atoms with van der Waals surface area (Å²) < 4.78 is 14.3. The lowest BCUT2D eigenvalue weighted by molar-refractivity contribution is 0.225. The van der Waals surface area contributed by atoms with Crippen molar-refractivity contribution < 1.29 is 9.50 Å². The highest BCUT2D eigenvalue weighted by molar-refractivity contribution is 9.10. The molecule has 0 saturated carbocycles. The molecule has 1 N–H and O–H groups in total. The van der Waals surface area contributed by atoms with Crippen LogP contribution in [0.5, 0.6) is 0 Å². The van der Waals surface area contributed by atoms with Crippen LogP contribution in [0, 0.1) is 11.7 Å². The van der Waals surface area contributed by atoms with Gasteiger partial charge in [0.1, 0.15) is 5.82 Å². The van der Waals surface area contributed by atoms with Gasteiger partial charge in [-0.15, -0.1) is 0 Å². The van der Waals surface area contributed by atoms with Crippen molar-refractivity contribution >= 4 is 27.5 Å². The molecule has 0 fully saturated rings. The molecule has 1 atom stereocenters. The molecule has 1 nitrogen and oxygen atoms in total. The van der Waals surface area contributed by atoms with E-state index in [9.17, 15) is 9.50 Å². The molecular formula is C16H15BrClFO. The van der Waals surface area contributed by atoms with E-state index in [4.69, 9.17) is 11.6 Å². The molecule has 4 heteroatoms. The molecule has 0 aliphatic carbocycles. The second kappa shape index (κ2) is 7.21. The molecule has 0 spiro atoms. The van der Waals surface area contributed by atoms with Crippen molar-refractivity contribution in [3.8, 4) is 0 Å². The molecule has 0 amide bonds. The van der Waals surface area contributed by atoms with E-state index in [0.717, 1.165) is 22.0 Å². The summed E-state index contributed by atoms with van der Waals surface area (Å²) in [5, 5.41) is 10.1. The van der Waals surface area contributed by atoms with Crippen LogP contribution in [-0.2, 0) is 12.8 Å². The first-order valence-corrected chi connectivity index (χ1v) is 7.55. The SMILES string of the molecule is OCC(Cc1cccc(Br)c1)Cc1cc(F)ccc1Cl. The van der Waals surface area contributed by atoms with Gasteiger partial charge in [-0.2, -0.15) is 0 Å². The van der Waals surface area contributed by atoms with Gasteiger partial charge in [0.15, 0.2) is 0 Å². The fraction of sp³-hybridized carbons (Fsp3) is 0.250. The third-order valence-electron chi connectivity index (χ3n) is 3.19. The normalized spacial score (nSPS) is 12.4. The quantitative estimate of drug-likeness (QED) is 0.827. The molecule has 2 aromatic rings. The molecule has 0 heterocycles. The number of rotatable bonds is 5. The third-order valence-corrected chi connectivity index (χ3v) is 4.05. The Hall–Kier alpha value is -0.900. The Balaban J connectivity index is 2.11. The maximum absolute atomic E-state index is 13.3. The lowest BCUT2D eigenvalue weighted by Crippen LogP contribution is -2.13. The minimum Gasteiger partial charge on any atom is -0.396 e. The Labute approximate surface area is 131 Å². The van der Waals surface area contributed by atoms with Crippen molar-refractivity contribution in [3.05, 3.63) is 68.9 Å². The van der Waals surface area contributed by atoms with Crippen LogP contribution in [0.25, 0.3) is 0 Å². The molecular weight excluding hydrogens is 343 g/mol. The van der Waals surface area contributed by atoms with E-state index < -0.39 is 0 Å². The van der Waals surface area contributed by atoms with Gasteiger partial charge >= 0.3 is 0 Å². The second-order valence-electron chi connectivity index (χ2n) is 4.82. The minimum atomic E-state index is -0.302. The highest BCUT2D eigenvalue weighted by atomic mass is 79.9. The number of hydrogen-bond donors (Lipinski definition) is 1. The zero-order chi connectivity index (χ0) is 14.5. The number of benzene rings is 2. The van der Waals surface area contributed by atoms with Crippen molar-refractivity contribution in [2.45, 2.75) is 12.8 Å². The summed E-state index contributed by atoms with van der Waals surface area (Å²) in [7, 11) is 0. The van der Waals surface area contributed by atoms with Crippen LogP contribution >= 0.6 is 27.5 Å². The predicted octanol–water partition coefficient (Wildman–Crippen LogP) is 4.64. The Morgan fingerprint density at radius 2 is 1.95 bits per heavy atom. The number of aliphatic hydroxyl groups is 1. The van der Waals surface area contributed by atoms with E-state index in [1.165, 1.54) is 12.1 Å². The maximum Gasteiger partial charge on any atom is 0.123 e. The summed E-state index contributed by atoms with van der Waals surface area (Å²) in [6, 6.07) is 12.3. The van der Waals surface area contributed by atoms with Crippen LogP contribution in [0.1, 0.15) is 11.1 Å². The molecule has 106 valence electrons. The van der Waals surface area contributed by atoms with Crippen LogP contribution in [0.3, 0.4) is 0 Å². The lowest BCUT2D eigenvalue weighted by Gasteiger charge is -2.15. The minimum absolute atomic E-state index is 0.0172. The van der Waals surface area contributed by atoms with Crippen molar-refractivity contribution in [1.82, 2.24) is 0 Å². The first-order chi connectivity index (χ1) is 9.58. The maximum atomic E-state index is 13.3. The molecule has 2 rings (SSSR count). The first-order valence-electron chi connectivity index (χ1n) is 6.37. The van der Waals surface area contributed by atoms with Gasteiger partial charge in [0.05, 0.1) is 0 Å². The van der Waals surface area contributed by atoms with Crippen LogP contribution in [0.4, 0.5) is 4.39 Å². The molecule has 20 heavy (non-hydrogen) atoms. The molecule has 1 unspecified atom stereocenters. The van der Waals surface area contributed by atoms with E-state index in [2.05, 4.69) is 15.9 Å². The van der Waals surface area contributed by atoms with Crippen molar-refractivity contribution in [3.63, 3.8) is 0 Å². The van der Waals surface area contributed by atoms with Gasteiger partial charge in [0, 0.05) is 16.1 Å². The van der Waals surface area contributed by atoms with Gasteiger partial charge in [0.2, 0.25) is 0 Å². The van der Waals surface area contributed by atoms with E-state index in [-0.39, 0.29) is 18.3 Å². The zero-order valence-corrected chi connectivity index (χ0v) is 13.2. The monoisotopic (exact) mass is 356 g/mol. The number of aliphatic hydroxyl groups excluding tert-OH is 1. The summed E-state index contributed by atoms with van der Waals surface area (Å²) in [6.45, 7) is 0.0410. The number of halogens is 3. The largest absolute Gasteiger partial charge is 0.396 e. The highest BCUT2D eigenvalue weighted by Crippen LogP contribution is 2.23. The molecule has 0 radical (unpaired) electrons. The summed E-state index contributed by atoms with van der Waals surface area (Å²) >= 11 is 9.50. The summed E-state index contributed by atoms with van der Waals surface area (Å²) in [5.74, 6) is -0.285. The van der Waals surface area contributed by atoms with Crippen LogP contribution in [0.2, 0.25) is 5.02 Å². The molecule has 2 aromatic carbocycles. The average molecular weight is 358 g/mol. The standard InChI is InChI=1S/C16H15BrClFO/c17-14-3-1-2-11(8-14)6-12(10-20)7-13-9-15(19)4-5-16(13)18/h1-5,8-9,12,20H,6-7,10H2. The third kappa shape index (κ3) is 4.30. The second-order valence-corrected chi connectivity index (χ2v) is 6.15. The van der Waals surface area contributed by atoms with Crippen LogP contribution in [0.15, 0.2) is 46.9 Å². The van der Waals surface area contributed by atoms with E-state index >= 15 is 0 Å². The van der Waals surface area contributed by atoms with E-state index in [1.54, 1.807) is 6.07 Å². The summed E-state index contributed by atoms with van der Waals surface area (Å²) in [4.78, 5) is 0. The fourth-order valence-electron chi connectivity index (χ4n) is 2.21. The van der Waals surface area contributed by atoms with Crippen molar-refractivity contribution in [2.75, 3.05) is 6.61 Å². The predicted molar refractivity (Wildman–Crippen MR) is 83.5 cm³/mol. The van der Waals surface area contributed by atoms with Gasteiger partial charge in [-0.3, -0.25) is 0 Å². The van der Waals surface area contributed by atoms with Gasteiger partial charge < -0.3 is 5.11 Å². The van der Waals surface area contributed by atoms with Gasteiger partial charge in [-0.25, -0.2) is 4.39 Å². The number of hydrogen-bond acceptors (Lipinski definition) is 1. The van der Waals surface area contributed by atoms with Crippen LogP contribution in [-0.4, -0.2) is 11.7 Å². The van der Waals surface area contributed by atoms with Crippen molar-refractivity contribution in [1.29, 1.82) is 0 Å². The average Bonchev–Trinajstić information content (AvgIpc) is 2.42. The molecule has 0 aliphatic heterocycles. The van der Waals surface area contributed by atoms with Gasteiger partial charge in [0.25, 0.3) is 0 Å². The molecule has 0 aromatic heterocycles. The Kier molecular flexibility index (Phi) is 5.58. The lowest BCUT2D eigenvalue weighted by atomic mass is 9.93. The van der Waals surface area contributed by atoms with Gasteiger partial charge in [-0.05, 0) is 60.2 Å². The zero-order valence-electron chi connectivity index (χ0n) is 10.8. The van der Waals surface area contributed by atoms with E-state index in [0.29, 0.717) is 11.4 Å². The van der Waals surface area contributed by atoms with Crippen LogP contribution < -0.4 is 0 Å². The Morgan fingerprint density at radius 1 is 1.15 bits per heavy atom. The summed E-state index contributed by atoms with van der Waals surface area (Å²) in [5.41, 5.74) is 1.87. The fourth-order valence-corrected chi connectivity index (χ4v) is 2.85. The van der Waals surface area contributed by atoms with Gasteiger partial charge in [-0.1, -0.05) is 39.7 Å². The highest BCUT2D eigenvalue weighted by Gasteiger charge is 2.13. The molecule has 0 aliphatic rings. The first kappa shape index (κ1) is 15.5. The topological polar surface area (TPSA) is 20.2 Å². The molecule has 0 saturated heterocycles. The Morgan fingerprint density at radius 3 is 2.65 bits per heavy atom.